The zero-order valence-corrected chi connectivity index (χ0v) is 15.5. The minimum atomic E-state index is 0.612. The third kappa shape index (κ3) is 4.06. The number of hydrogen-bond acceptors (Lipinski definition) is 6. The lowest BCUT2D eigenvalue weighted by Crippen LogP contribution is -2.37. The number of methoxy groups -OCH3 is 1. The van der Waals surface area contributed by atoms with Crippen LogP contribution in [0.25, 0.3) is 10.9 Å². The number of fused-ring (bicyclic) bond motifs is 1. The van der Waals surface area contributed by atoms with Gasteiger partial charge in [-0.25, -0.2) is 0 Å². The van der Waals surface area contributed by atoms with Crippen LogP contribution in [0.15, 0.2) is 18.3 Å². The van der Waals surface area contributed by atoms with Gasteiger partial charge in [-0.3, -0.25) is 9.88 Å². The van der Waals surface area contributed by atoms with E-state index in [1.807, 2.05) is 19.1 Å². The Morgan fingerprint density at radius 1 is 1.27 bits per heavy atom. The fourth-order valence-corrected chi connectivity index (χ4v) is 3.30. The van der Waals surface area contributed by atoms with Gasteiger partial charge in [0.1, 0.15) is 6.07 Å². The molecule has 0 unspecified atom stereocenters. The van der Waals surface area contributed by atoms with Crippen LogP contribution in [0, 0.1) is 11.3 Å². The monoisotopic (exact) mass is 355 g/mol. The van der Waals surface area contributed by atoms with Crippen LogP contribution in [-0.4, -0.2) is 56.4 Å². The number of nitriles is 1. The lowest BCUT2D eigenvalue weighted by Gasteiger charge is -2.26. The molecular formula is C20H25N3O3. The zero-order valence-electron chi connectivity index (χ0n) is 15.5. The Hall–Kier alpha value is -2.36. The highest BCUT2D eigenvalue weighted by molar-refractivity contribution is 5.87. The first-order valence-corrected chi connectivity index (χ1v) is 9.09. The van der Waals surface area contributed by atoms with Crippen LogP contribution >= 0.6 is 0 Å². The van der Waals surface area contributed by atoms with Gasteiger partial charge in [-0.1, -0.05) is 6.92 Å². The van der Waals surface area contributed by atoms with E-state index in [1.54, 1.807) is 13.3 Å². The highest BCUT2D eigenvalue weighted by Crippen LogP contribution is 2.34. The summed E-state index contributed by atoms with van der Waals surface area (Å²) in [7, 11) is 1.63. The number of aromatic nitrogens is 1. The van der Waals surface area contributed by atoms with Gasteiger partial charge in [0.2, 0.25) is 0 Å². The molecule has 0 bridgehead atoms. The standard InChI is InChI=1S/C20H25N3O3/c1-3-16-15(13-21)14-22-18-12-20(19(24-2)11-17(16)18)26-8-4-5-23-6-9-25-10-7-23/h11-12,14H,3-10H2,1-2H3. The number of hydrogen-bond donors (Lipinski definition) is 0. The van der Waals surface area contributed by atoms with Crippen LogP contribution in [0.4, 0.5) is 0 Å². The Bertz CT molecular complexity index is 795. The first kappa shape index (κ1) is 18.4. The lowest BCUT2D eigenvalue weighted by atomic mass is 10.0. The molecule has 2 heterocycles. The van der Waals surface area contributed by atoms with Crippen molar-refractivity contribution >= 4 is 10.9 Å². The van der Waals surface area contributed by atoms with Gasteiger partial charge in [-0.15, -0.1) is 0 Å². The predicted octanol–water partition coefficient (Wildman–Crippen LogP) is 2.78. The Kier molecular flexibility index (Phi) is 6.26. The molecule has 1 aliphatic rings. The quantitative estimate of drug-likeness (QED) is 0.712. The van der Waals surface area contributed by atoms with E-state index in [9.17, 15) is 5.26 Å². The molecule has 6 heteroatoms. The summed E-state index contributed by atoms with van der Waals surface area (Å²) in [6.07, 6.45) is 3.35. The summed E-state index contributed by atoms with van der Waals surface area (Å²) in [5, 5.41) is 10.2. The van der Waals surface area contributed by atoms with Crippen molar-refractivity contribution in [2.75, 3.05) is 46.6 Å². The summed E-state index contributed by atoms with van der Waals surface area (Å²) in [5.74, 6) is 1.37. The molecule has 6 nitrogen and oxygen atoms in total. The third-order valence-electron chi connectivity index (χ3n) is 4.72. The second-order valence-electron chi connectivity index (χ2n) is 6.29. The molecule has 26 heavy (non-hydrogen) atoms. The van der Waals surface area contributed by atoms with E-state index in [2.05, 4.69) is 16.0 Å². The maximum atomic E-state index is 9.28. The summed E-state index contributed by atoms with van der Waals surface area (Å²) in [4.78, 5) is 6.81. The van der Waals surface area contributed by atoms with Crippen LogP contribution in [0.1, 0.15) is 24.5 Å². The second kappa shape index (κ2) is 8.84. The summed E-state index contributed by atoms with van der Waals surface area (Å²) >= 11 is 0. The molecule has 0 amide bonds. The minimum Gasteiger partial charge on any atom is -0.493 e. The third-order valence-corrected chi connectivity index (χ3v) is 4.72. The first-order chi connectivity index (χ1) is 12.8. The number of morpholine rings is 1. The van der Waals surface area contributed by atoms with Gasteiger partial charge in [0.25, 0.3) is 0 Å². The molecular weight excluding hydrogens is 330 g/mol. The molecule has 1 aromatic carbocycles. The van der Waals surface area contributed by atoms with E-state index in [0.29, 0.717) is 23.7 Å². The van der Waals surface area contributed by atoms with Gasteiger partial charge in [0, 0.05) is 37.3 Å². The highest BCUT2D eigenvalue weighted by atomic mass is 16.5. The minimum absolute atomic E-state index is 0.612. The maximum absolute atomic E-state index is 9.28. The van der Waals surface area contributed by atoms with Gasteiger partial charge in [0.05, 0.1) is 38.0 Å². The van der Waals surface area contributed by atoms with Crippen LogP contribution in [-0.2, 0) is 11.2 Å². The van der Waals surface area contributed by atoms with Gasteiger partial charge in [-0.2, -0.15) is 5.26 Å². The van der Waals surface area contributed by atoms with Crippen molar-refractivity contribution in [3.63, 3.8) is 0 Å². The van der Waals surface area contributed by atoms with E-state index in [0.717, 1.165) is 62.2 Å². The number of benzene rings is 1. The van der Waals surface area contributed by atoms with Crippen molar-refractivity contribution in [2.45, 2.75) is 19.8 Å². The van der Waals surface area contributed by atoms with Gasteiger partial charge < -0.3 is 14.2 Å². The van der Waals surface area contributed by atoms with E-state index in [4.69, 9.17) is 14.2 Å². The summed E-state index contributed by atoms with van der Waals surface area (Å²) < 4.78 is 16.8. The Balaban J connectivity index is 1.72. The van der Waals surface area contributed by atoms with Crippen molar-refractivity contribution in [3.05, 3.63) is 29.5 Å². The molecule has 1 fully saturated rings. The van der Waals surface area contributed by atoms with Crippen LogP contribution in [0.5, 0.6) is 11.5 Å². The van der Waals surface area contributed by atoms with Crippen molar-refractivity contribution in [3.8, 4) is 17.6 Å². The van der Waals surface area contributed by atoms with Crippen molar-refractivity contribution in [2.24, 2.45) is 0 Å². The van der Waals surface area contributed by atoms with Crippen LogP contribution in [0.2, 0.25) is 0 Å². The van der Waals surface area contributed by atoms with Crippen LogP contribution < -0.4 is 9.47 Å². The van der Waals surface area contributed by atoms with E-state index in [-0.39, 0.29) is 0 Å². The number of ether oxygens (including phenoxy) is 3. The molecule has 3 rings (SSSR count). The van der Waals surface area contributed by atoms with Gasteiger partial charge in [-0.05, 0) is 24.5 Å². The Morgan fingerprint density at radius 3 is 2.77 bits per heavy atom. The first-order valence-electron chi connectivity index (χ1n) is 9.09. The molecule has 2 aromatic rings. The average molecular weight is 355 g/mol. The fraction of sp³-hybridized carbons (Fsp3) is 0.500. The van der Waals surface area contributed by atoms with Crippen molar-refractivity contribution < 1.29 is 14.2 Å². The largest absolute Gasteiger partial charge is 0.493 e. The normalized spacial score (nSPS) is 15.0. The topological polar surface area (TPSA) is 67.6 Å². The molecule has 0 aliphatic carbocycles. The van der Waals surface area contributed by atoms with Gasteiger partial charge >= 0.3 is 0 Å². The highest BCUT2D eigenvalue weighted by Gasteiger charge is 2.14. The molecule has 1 aliphatic heterocycles. The molecule has 0 saturated carbocycles. The molecule has 0 spiro atoms. The smallest absolute Gasteiger partial charge is 0.163 e. The predicted molar refractivity (Wildman–Crippen MR) is 99.8 cm³/mol. The van der Waals surface area contributed by atoms with E-state index >= 15 is 0 Å². The molecule has 0 N–H and O–H groups in total. The van der Waals surface area contributed by atoms with Crippen LogP contribution in [0.3, 0.4) is 0 Å². The van der Waals surface area contributed by atoms with Gasteiger partial charge in [0.15, 0.2) is 11.5 Å². The number of aryl methyl sites for hydroxylation is 1. The molecule has 0 radical (unpaired) electrons. The number of nitrogens with zero attached hydrogens (tertiary/aromatic N) is 3. The average Bonchev–Trinajstić information content (AvgIpc) is 2.70. The number of pyridine rings is 1. The molecule has 1 saturated heterocycles. The Labute approximate surface area is 154 Å². The molecule has 138 valence electrons. The van der Waals surface area contributed by atoms with E-state index in [1.165, 1.54) is 0 Å². The maximum Gasteiger partial charge on any atom is 0.163 e. The second-order valence-corrected chi connectivity index (χ2v) is 6.29. The van der Waals surface area contributed by atoms with Crippen molar-refractivity contribution in [1.82, 2.24) is 9.88 Å². The molecule has 0 atom stereocenters. The summed E-state index contributed by atoms with van der Waals surface area (Å²) in [5.41, 5.74) is 2.43. The van der Waals surface area contributed by atoms with Crippen molar-refractivity contribution in [1.29, 1.82) is 5.26 Å². The summed E-state index contributed by atoms with van der Waals surface area (Å²) in [6, 6.07) is 6.05. The summed E-state index contributed by atoms with van der Waals surface area (Å²) in [6.45, 7) is 7.27. The molecule has 1 aromatic heterocycles. The Morgan fingerprint density at radius 2 is 2.08 bits per heavy atom. The zero-order chi connectivity index (χ0) is 18.4. The SMILES string of the molecule is CCc1c(C#N)cnc2cc(OCCCN3CCOCC3)c(OC)cc12. The fourth-order valence-electron chi connectivity index (χ4n) is 3.30. The lowest BCUT2D eigenvalue weighted by molar-refractivity contribution is 0.0357. The number of rotatable bonds is 7. The van der Waals surface area contributed by atoms with E-state index < -0.39 is 0 Å².